The smallest absolute Gasteiger partial charge is 0.322 e. The number of pyridine rings is 1. The van der Waals surface area contributed by atoms with E-state index in [1.807, 2.05) is 24.3 Å². The number of imide groups is 1. The first-order valence-corrected chi connectivity index (χ1v) is 11.3. The van der Waals surface area contributed by atoms with Crippen LogP contribution in [0.15, 0.2) is 36.5 Å². The van der Waals surface area contributed by atoms with Crippen LogP contribution in [0.4, 0.5) is 10.6 Å². The number of ether oxygens (including phenoxy) is 1. The molecule has 3 heterocycles. The first-order chi connectivity index (χ1) is 16.6. The predicted octanol–water partition coefficient (Wildman–Crippen LogP) is 1.91. The van der Waals surface area contributed by atoms with Gasteiger partial charge in [0.25, 0.3) is 5.91 Å². The van der Waals surface area contributed by atoms with Crippen LogP contribution < -0.4 is 20.3 Å². The fourth-order valence-electron chi connectivity index (χ4n) is 4.16. The van der Waals surface area contributed by atoms with Crippen molar-refractivity contribution in [2.45, 2.75) is 31.8 Å². The van der Waals surface area contributed by atoms with E-state index in [9.17, 15) is 14.4 Å². The van der Waals surface area contributed by atoms with E-state index in [1.165, 1.54) is 19.3 Å². The van der Waals surface area contributed by atoms with Crippen LogP contribution in [0.3, 0.4) is 0 Å². The highest BCUT2D eigenvalue weighted by atomic mass is 16.5. The number of nitrogens with one attached hydrogen (secondary N) is 2. The van der Waals surface area contributed by atoms with Gasteiger partial charge in [-0.2, -0.15) is 0 Å². The number of urea groups is 1. The zero-order chi connectivity index (χ0) is 23.9. The number of carbonyl (C=O) groups excluding carboxylic acids is 3. The van der Waals surface area contributed by atoms with Gasteiger partial charge in [-0.1, -0.05) is 17.9 Å². The molecule has 2 aromatic rings. The number of rotatable bonds is 6. The topological polar surface area (TPSA) is 104 Å². The monoisotopic (exact) mass is 461 g/mol. The Kier molecular flexibility index (Phi) is 7.28. The summed E-state index contributed by atoms with van der Waals surface area (Å²) in [6.07, 6.45) is 5.61. The molecule has 2 aliphatic rings. The van der Waals surface area contributed by atoms with Crippen molar-refractivity contribution in [3.8, 4) is 17.6 Å². The molecule has 34 heavy (non-hydrogen) atoms. The van der Waals surface area contributed by atoms with E-state index in [1.54, 1.807) is 24.3 Å². The Balaban J connectivity index is 1.47. The zero-order valence-corrected chi connectivity index (χ0v) is 19.0. The van der Waals surface area contributed by atoms with Gasteiger partial charge in [0.1, 0.15) is 17.6 Å². The second kappa shape index (κ2) is 10.7. The van der Waals surface area contributed by atoms with Crippen molar-refractivity contribution < 1.29 is 19.1 Å². The molecule has 9 heteroatoms. The van der Waals surface area contributed by atoms with Gasteiger partial charge >= 0.3 is 6.03 Å². The number of aromatic nitrogens is 1. The number of hydrogen-bond acceptors (Lipinski definition) is 6. The third-order valence-electron chi connectivity index (χ3n) is 5.91. The highest BCUT2D eigenvalue weighted by molar-refractivity contribution is 5.98. The van der Waals surface area contributed by atoms with Crippen molar-refractivity contribution in [2.24, 2.45) is 0 Å². The van der Waals surface area contributed by atoms with Gasteiger partial charge in [0, 0.05) is 37.0 Å². The minimum absolute atomic E-state index is 0.161. The van der Waals surface area contributed by atoms with E-state index in [0.29, 0.717) is 29.8 Å². The van der Waals surface area contributed by atoms with Crippen LogP contribution in [0.1, 0.15) is 40.7 Å². The van der Waals surface area contributed by atoms with Crippen LogP contribution in [-0.2, 0) is 11.3 Å². The van der Waals surface area contributed by atoms with Crippen molar-refractivity contribution in [3.05, 3.63) is 53.2 Å². The number of methoxy groups -OCH3 is 1. The maximum atomic E-state index is 12.9. The second-order valence-electron chi connectivity index (χ2n) is 8.22. The van der Waals surface area contributed by atoms with E-state index in [-0.39, 0.29) is 12.5 Å². The van der Waals surface area contributed by atoms with Crippen LogP contribution in [0.2, 0.25) is 0 Å². The number of carbonyl (C=O) groups is 3. The third-order valence-corrected chi connectivity index (χ3v) is 5.91. The molecule has 2 N–H and O–H groups in total. The highest BCUT2D eigenvalue weighted by Gasteiger charge is 2.29. The van der Waals surface area contributed by atoms with E-state index in [2.05, 4.69) is 32.4 Å². The van der Waals surface area contributed by atoms with E-state index >= 15 is 0 Å². The third kappa shape index (κ3) is 5.46. The summed E-state index contributed by atoms with van der Waals surface area (Å²) in [5, 5.41) is 4.70. The summed E-state index contributed by atoms with van der Waals surface area (Å²) in [4.78, 5) is 43.9. The minimum Gasteiger partial charge on any atom is -0.497 e. The molecule has 2 aliphatic heterocycles. The molecule has 1 aromatic heterocycles. The Morgan fingerprint density at radius 1 is 1.24 bits per heavy atom. The van der Waals surface area contributed by atoms with Crippen molar-refractivity contribution in [3.63, 3.8) is 0 Å². The molecule has 0 saturated carbocycles. The van der Waals surface area contributed by atoms with Crippen molar-refractivity contribution in [1.82, 2.24) is 20.5 Å². The molecule has 9 nitrogen and oxygen atoms in total. The van der Waals surface area contributed by atoms with Gasteiger partial charge in [-0.25, -0.2) is 9.78 Å². The summed E-state index contributed by atoms with van der Waals surface area (Å²) in [5.41, 5.74) is 2.15. The Morgan fingerprint density at radius 2 is 2.06 bits per heavy atom. The Morgan fingerprint density at radius 3 is 2.76 bits per heavy atom. The number of benzene rings is 1. The van der Waals surface area contributed by atoms with E-state index in [0.717, 1.165) is 24.5 Å². The van der Waals surface area contributed by atoms with Gasteiger partial charge in [0.15, 0.2) is 0 Å². The first-order valence-electron chi connectivity index (χ1n) is 11.3. The molecule has 0 unspecified atom stereocenters. The zero-order valence-electron chi connectivity index (χ0n) is 19.0. The van der Waals surface area contributed by atoms with Crippen molar-refractivity contribution in [1.29, 1.82) is 0 Å². The number of piperidine rings is 1. The average molecular weight is 462 g/mol. The van der Waals surface area contributed by atoms with Crippen LogP contribution in [-0.4, -0.2) is 61.0 Å². The molecule has 0 aliphatic carbocycles. The van der Waals surface area contributed by atoms with Crippen LogP contribution in [0.25, 0.3) is 0 Å². The molecule has 0 radical (unpaired) electrons. The number of hydrogen-bond donors (Lipinski definition) is 2. The molecule has 0 bridgehead atoms. The quantitative estimate of drug-likeness (QED) is 0.503. The standard InChI is InChI=1S/C25H27N5O4/c1-34-21-9-7-19-15-30(24(32)22(19)13-21)16-20(28-25(33)27-17-31)8-5-18-6-10-23(26-14-18)29-11-3-2-4-12-29/h6-7,9-10,13-14,17,20H,2-4,11-12,15-16H2,1H3,(H2,27,28,31,33)/t20-/m1/s1. The normalized spacial score (nSPS) is 15.6. The Hall–Kier alpha value is -4.06. The fraction of sp³-hybridized carbons (Fsp3) is 0.360. The fourth-order valence-corrected chi connectivity index (χ4v) is 4.16. The predicted molar refractivity (Wildman–Crippen MR) is 126 cm³/mol. The molecule has 1 fully saturated rings. The molecule has 176 valence electrons. The summed E-state index contributed by atoms with van der Waals surface area (Å²) in [7, 11) is 1.55. The molecule has 0 spiro atoms. The molecular weight excluding hydrogens is 434 g/mol. The van der Waals surface area contributed by atoms with Gasteiger partial charge < -0.3 is 19.9 Å². The number of nitrogens with zero attached hydrogens (tertiary/aromatic N) is 3. The first kappa shape index (κ1) is 23.1. The lowest BCUT2D eigenvalue weighted by molar-refractivity contribution is -0.108. The van der Waals surface area contributed by atoms with Crippen molar-refractivity contribution >= 4 is 24.2 Å². The Labute approximate surface area is 198 Å². The average Bonchev–Trinajstić information content (AvgIpc) is 3.17. The lowest BCUT2D eigenvalue weighted by atomic mass is 10.1. The number of amides is 4. The van der Waals surface area contributed by atoms with Crippen LogP contribution in [0, 0.1) is 11.8 Å². The summed E-state index contributed by atoms with van der Waals surface area (Å²) in [6, 6.07) is 7.85. The molecule has 1 saturated heterocycles. The summed E-state index contributed by atoms with van der Waals surface area (Å²) < 4.78 is 5.22. The van der Waals surface area contributed by atoms with Crippen molar-refractivity contribution in [2.75, 3.05) is 31.6 Å². The second-order valence-corrected chi connectivity index (χ2v) is 8.22. The van der Waals surface area contributed by atoms with Gasteiger partial charge in [0.2, 0.25) is 6.41 Å². The molecule has 1 atom stereocenters. The summed E-state index contributed by atoms with van der Waals surface area (Å²) >= 11 is 0. The molecule has 1 aromatic carbocycles. The van der Waals surface area contributed by atoms with Crippen LogP contribution >= 0.6 is 0 Å². The SMILES string of the molecule is COc1ccc2c(c1)C(=O)N(C[C@@H](C#Cc1ccc(N3CCCCC3)nc1)NC(=O)NC=O)C2. The molecule has 4 amide bonds. The van der Waals surface area contributed by atoms with E-state index in [4.69, 9.17) is 4.74 Å². The molecule has 4 rings (SSSR count). The summed E-state index contributed by atoms with van der Waals surface area (Å²) in [5.74, 6) is 7.42. The van der Waals surface area contributed by atoms with Gasteiger partial charge in [-0.15, -0.1) is 0 Å². The maximum Gasteiger partial charge on any atom is 0.322 e. The van der Waals surface area contributed by atoms with Gasteiger partial charge in [-0.05, 0) is 49.1 Å². The van der Waals surface area contributed by atoms with E-state index < -0.39 is 12.1 Å². The van der Waals surface area contributed by atoms with Gasteiger partial charge in [0.05, 0.1) is 13.7 Å². The maximum absolute atomic E-state index is 12.9. The largest absolute Gasteiger partial charge is 0.497 e. The van der Waals surface area contributed by atoms with Gasteiger partial charge in [-0.3, -0.25) is 14.9 Å². The number of fused-ring (bicyclic) bond motifs is 1. The number of anilines is 1. The lowest BCUT2D eigenvalue weighted by Gasteiger charge is -2.27. The van der Waals surface area contributed by atoms with Crippen LogP contribution in [0.5, 0.6) is 5.75 Å². The lowest BCUT2D eigenvalue weighted by Crippen LogP contribution is -2.46. The Bertz CT molecular complexity index is 1120. The minimum atomic E-state index is -0.693. The molecular formula is C25H27N5O4. The highest BCUT2D eigenvalue weighted by Crippen LogP contribution is 2.26. The summed E-state index contributed by atoms with van der Waals surface area (Å²) in [6.45, 7) is 2.58.